The molecule has 0 radical (unpaired) electrons. The van der Waals surface area contributed by atoms with Gasteiger partial charge in [-0.15, -0.1) is 0 Å². The Labute approximate surface area is 495 Å². The molecule has 85 heavy (non-hydrogen) atoms. The molecule has 9 aromatic carbocycles. The first kappa shape index (κ1) is 51.1. The van der Waals surface area contributed by atoms with Gasteiger partial charge in [0.2, 0.25) is 0 Å². The van der Waals surface area contributed by atoms with E-state index in [0.29, 0.717) is 34.9 Å². The summed E-state index contributed by atoms with van der Waals surface area (Å²) in [7, 11) is 0. The summed E-state index contributed by atoms with van der Waals surface area (Å²) in [5.74, 6) is 3.96. The molecule has 0 saturated carbocycles. The van der Waals surface area contributed by atoms with Crippen LogP contribution in [0, 0.1) is 0 Å². The lowest BCUT2D eigenvalue weighted by atomic mass is 9.84. The van der Waals surface area contributed by atoms with Crippen LogP contribution in [0.3, 0.4) is 0 Å². The van der Waals surface area contributed by atoms with Crippen LogP contribution in [0.1, 0.15) is 60.5 Å². The van der Waals surface area contributed by atoms with Gasteiger partial charge in [-0.1, -0.05) is 212 Å². The fraction of sp³-hybridized carbons (Fsp3) is 0.0769. The van der Waals surface area contributed by atoms with Crippen molar-refractivity contribution >= 4 is 28.1 Å². The van der Waals surface area contributed by atoms with Crippen molar-refractivity contribution in [2.24, 2.45) is 0 Å². The number of allylic oxidation sites excluding steroid dienone is 12. The molecule has 0 spiro atoms. The van der Waals surface area contributed by atoms with Crippen LogP contribution in [0.25, 0.3) is 107 Å². The second kappa shape index (κ2) is 22.5. The van der Waals surface area contributed by atoms with Crippen LogP contribution < -0.4 is 4.90 Å². The normalized spacial score (nSPS) is 15.1. The molecule has 3 heterocycles. The van der Waals surface area contributed by atoms with Gasteiger partial charge in [0.15, 0.2) is 34.9 Å². The Bertz CT molecular complexity index is 4560. The average molecular weight is 1090 g/mol. The average Bonchev–Trinajstić information content (AvgIpc) is 3.28. The highest BCUT2D eigenvalue weighted by molar-refractivity contribution is 5.87. The van der Waals surface area contributed by atoms with Crippen molar-refractivity contribution in [3.05, 3.63) is 307 Å². The third-order valence-electron chi connectivity index (χ3n) is 16.6. The molecule has 0 saturated heterocycles. The van der Waals surface area contributed by atoms with Gasteiger partial charge in [0.1, 0.15) is 0 Å². The Kier molecular flexibility index (Phi) is 13.6. The summed E-state index contributed by atoms with van der Waals surface area (Å²) in [6, 6.07) is 81.8. The van der Waals surface area contributed by atoms with E-state index < -0.39 is 0 Å². The van der Waals surface area contributed by atoms with Gasteiger partial charge in [0.25, 0.3) is 0 Å². The second-order valence-corrected chi connectivity index (χ2v) is 22.0. The first-order valence-electron chi connectivity index (χ1n) is 29.4. The van der Waals surface area contributed by atoms with Gasteiger partial charge >= 0.3 is 0 Å². The number of benzene rings is 9. The highest BCUT2D eigenvalue weighted by Gasteiger charge is 2.37. The summed E-state index contributed by atoms with van der Waals surface area (Å²) in [4.78, 5) is 33.4. The zero-order valence-electron chi connectivity index (χ0n) is 46.8. The first-order valence-corrected chi connectivity index (χ1v) is 29.4. The van der Waals surface area contributed by atoms with E-state index in [1.165, 1.54) is 44.8 Å². The molecular formula is C78H57N7. The smallest absolute Gasteiger partial charge is 0.164 e. The van der Waals surface area contributed by atoms with E-state index in [1.807, 2.05) is 36.4 Å². The quantitative estimate of drug-likeness (QED) is 0.121. The van der Waals surface area contributed by atoms with Crippen molar-refractivity contribution in [1.82, 2.24) is 29.9 Å². The van der Waals surface area contributed by atoms with Crippen molar-refractivity contribution in [3.63, 3.8) is 0 Å². The molecule has 1 aliphatic heterocycles. The lowest BCUT2D eigenvalue weighted by Gasteiger charge is -2.26. The van der Waals surface area contributed by atoms with E-state index in [2.05, 4.69) is 248 Å². The van der Waals surface area contributed by atoms with E-state index in [0.717, 1.165) is 99.0 Å². The SMILES string of the molecule is C1=CCCC(c2cc(-c3ccccc3)cc(-c3cccc(-c4nc(-c5ccccc5)nc(-c5cccc(C6=CC=C7C(C6)c6cc(-c8cccc(-c9nc(C%10=CCCC=C%10)nc(-c%10ccccc%10)n9)c8)ccc6N7c6ccccc6)c5)n4)c3)c2)=C1. The lowest BCUT2D eigenvalue weighted by Crippen LogP contribution is -2.15. The van der Waals surface area contributed by atoms with Gasteiger partial charge in [0.05, 0.1) is 0 Å². The number of hydrogen-bond donors (Lipinski definition) is 0. The van der Waals surface area contributed by atoms with Crippen LogP contribution in [0.5, 0.6) is 0 Å². The molecular weight excluding hydrogens is 1030 g/mol. The van der Waals surface area contributed by atoms with Gasteiger partial charge in [-0.2, -0.15) is 0 Å². The molecule has 0 N–H and O–H groups in total. The van der Waals surface area contributed by atoms with Gasteiger partial charge in [-0.05, 0) is 160 Å². The van der Waals surface area contributed by atoms with Gasteiger partial charge < -0.3 is 4.90 Å². The predicted molar refractivity (Wildman–Crippen MR) is 348 cm³/mol. The monoisotopic (exact) mass is 1090 g/mol. The highest BCUT2D eigenvalue weighted by atomic mass is 15.2. The summed E-state index contributed by atoms with van der Waals surface area (Å²) in [5, 5.41) is 0. The van der Waals surface area contributed by atoms with Crippen molar-refractivity contribution in [2.75, 3.05) is 4.90 Å². The molecule has 3 aliphatic carbocycles. The molecule has 15 rings (SSSR count). The minimum Gasteiger partial charge on any atom is -0.313 e. The standard InChI is InChI=1S/C78H57N7/c1-7-22-52(23-8-1)65-47-66(53-24-9-2-10-25-53)49-67(48-65)59-34-21-37-64(46-59)78-83-75(56-30-15-5-16-31-56)82-77(84-78)63-36-20-33-58(45-63)61-41-43-72-70(51-61)69-50-60(40-42-71(69)85(72)68-38-17-6-18-39-68)57-32-19-35-62(44-57)76-80-73(54-26-11-3-12-27-54)79-74(81-76)55-28-13-4-14-29-55/h1-3,5-9,11-13,15-24,26-50,70H,4,10,14,25,51H2. The van der Waals surface area contributed by atoms with E-state index in [4.69, 9.17) is 29.9 Å². The van der Waals surface area contributed by atoms with Crippen LogP contribution in [0.4, 0.5) is 11.4 Å². The van der Waals surface area contributed by atoms with E-state index in [1.54, 1.807) is 0 Å². The van der Waals surface area contributed by atoms with Gasteiger partial charge in [-0.3, -0.25) is 0 Å². The van der Waals surface area contributed by atoms with Crippen LogP contribution in [0.2, 0.25) is 0 Å². The number of fused-ring (bicyclic) bond motifs is 3. The number of nitrogens with zero attached hydrogens (tertiary/aromatic N) is 7. The Hall–Kier alpha value is -10.8. The number of hydrogen-bond acceptors (Lipinski definition) is 7. The van der Waals surface area contributed by atoms with Gasteiger partial charge in [-0.25, -0.2) is 29.9 Å². The van der Waals surface area contributed by atoms with E-state index >= 15 is 0 Å². The van der Waals surface area contributed by atoms with Gasteiger partial charge in [0, 0.05) is 56.4 Å². The molecule has 0 amide bonds. The summed E-state index contributed by atoms with van der Waals surface area (Å²) < 4.78 is 0. The summed E-state index contributed by atoms with van der Waals surface area (Å²) >= 11 is 0. The molecule has 11 aromatic rings. The number of anilines is 2. The Balaban J connectivity index is 0.776. The van der Waals surface area contributed by atoms with Crippen LogP contribution in [0.15, 0.2) is 285 Å². The minimum atomic E-state index is 0.0970. The summed E-state index contributed by atoms with van der Waals surface area (Å²) in [6.07, 6.45) is 22.7. The minimum absolute atomic E-state index is 0.0970. The maximum absolute atomic E-state index is 5.32. The van der Waals surface area contributed by atoms with Crippen LogP contribution in [-0.2, 0) is 0 Å². The molecule has 4 aliphatic rings. The maximum atomic E-state index is 5.32. The Morgan fingerprint density at radius 2 is 0.812 bits per heavy atom. The number of rotatable bonds is 12. The zero-order chi connectivity index (χ0) is 56.5. The fourth-order valence-corrected chi connectivity index (χ4v) is 12.3. The molecule has 0 bridgehead atoms. The zero-order valence-corrected chi connectivity index (χ0v) is 46.8. The maximum Gasteiger partial charge on any atom is 0.164 e. The molecule has 0 fully saturated rings. The Morgan fingerprint density at radius 3 is 1.40 bits per heavy atom. The molecule has 1 unspecified atom stereocenters. The summed E-state index contributed by atoms with van der Waals surface area (Å²) in [6.45, 7) is 0. The fourth-order valence-electron chi connectivity index (χ4n) is 12.3. The third kappa shape index (κ3) is 10.4. The number of para-hydroxylation sites is 1. The third-order valence-corrected chi connectivity index (χ3v) is 16.6. The van der Waals surface area contributed by atoms with Crippen molar-refractivity contribution < 1.29 is 0 Å². The van der Waals surface area contributed by atoms with E-state index in [9.17, 15) is 0 Å². The largest absolute Gasteiger partial charge is 0.313 e. The van der Waals surface area contributed by atoms with Crippen LogP contribution in [-0.4, -0.2) is 29.9 Å². The Morgan fingerprint density at radius 1 is 0.329 bits per heavy atom. The lowest BCUT2D eigenvalue weighted by molar-refractivity contribution is 0.832. The first-order chi connectivity index (χ1) is 42.1. The van der Waals surface area contributed by atoms with Crippen LogP contribution >= 0.6 is 0 Å². The second-order valence-electron chi connectivity index (χ2n) is 22.0. The van der Waals surface area contributed by atoms with Crippen molar-refractivity contribution in [2.45, 2.75) is 38.0 Å². The topological polar surface area (TPSA) is 80.6 Å². The molecule has 7 heteroatoms. The summed E-state index contributed by atoms with van der Waals surface area (Å²) in [5.41, 5.74) is 22.4. The molecule has 2 aromatic heterocycles. The molecule has 404 valence electrons. The molecule has 7 nitrogen and oxygen atoms in total. The molecule has 1 atom stereocenters. The van der Waals surface area contributed by atoms with E-state index in [-0.39, 0.29) is 5.92 Å². The predicted octanol–water partition coefficient (Wildman–Crippen LogP) is 19.5. The highest BCUT2D eigenvalue weighted by Crippen LogP contribution is 2.54. The number of aromatic nitrogens is 6. The van der Waals surface area contributed by atoms with Crippen molar-refractivity contribution in [3.8, 4) is 90.3 Å². The van der Waals surface area contributed by atoms with Crippen molar-refractivity contribution in [1.29, 1.82) is 0 Å².